The lowest BCUT2D eigenvalue weighted by molar-refractivity contribution is -0.136. The van der Waals surface area contributed by atoms with Crippen LogP contribution in [-0.2, 0) is 14.3 Å². The van der Waals surface area contributed by atoms with E-state index in [2.05, 4.69) is 5.32 Å². The highest BCUT2D eigenvalue weighted by atomic mass is 16.6. The van der Waals surface area contributed by atoms with Gasteiger partial charge in [0, 0.05) is 19.4 Å². The van der Waals surface area contributed by atoms with Crippen LogP contribution in [-0.4, -0.2) is 43.0 Å². The molecule has 0 unspecified atom stereocenters. The summed E-state index contributed by atoms with van der Waals surface area (Å²) >= 11 is 0. The second kappa shape index (κ2) is 6.23. The molecule has 2 N–H and O–H groups in total. The summed E-state index contributed by atoms with van der Waals surface area (Å²) in [6, 6.07) is 0. The molecule has 0 bridgehead atoms. The highest BCUT2D eigenvalue weighted by Crippen LogP contribution is 2.10. The molecule has 0 aromatic rings. The Labute approximate surface area is 87.5 Å². The molecule has 15 heavy (non-hydrogen) atoms. The Kier molecular flexibility index (Phi) is 4.89. The first kappa shape index (κ1) is 11.8. The third-order valence-electron chi connectivity index (χ3n) is 2.05. The molecule has 0 radical (unpaired) electrons. The largest absolute Gasteiger partial charge is 0.481 e. The molecule has 1 fully saturated rings. The summed E-state index contributed by atoms with van der Waals surface area (Å²) in [5, 5.41) is 10.7. The van der Waals surface area contributed by atoms with Crippen molar-refractivity contribution < 1.29 is 24.2 Å². The van der Waals surface area contributed by atoms with Crippen LogP contribution >= 0.6 is 0 Å². The van der Waals surface area contributed by atoms with Crippen LogP contribution in [0.3, 0.4) is 0 Å². The fourth-order valence-corrected chi connectivity index (χ4v) is 1.26. The molecule has 6 nitrogen and oxygen atoms in total. The van der Waals surface area contributed by atoms with Gasteiger partial charge in [-0.3, -0.25) is 4.79 Å². The van der Waals surface area contributed by atoms with E-state index in [1.807, 2.05) is 0 Å². The van der Waals surface area contributed by atoms with Crippen LogP contribution in [0.5, 0.6) is 0 Å². The minimum atomic E-state index is -0.943. The summed E-state index contributed by atoms with van der Waals surface area (Å²) in [4.78, 5) is 21.3. The molecule has 1 saturated heterocycles. The molecule has 0 atom stereocenters. The van der Waals surface area contributed by atoms with E-state index in [1.165, 1.54) is 0 Å². The molecular weight excluding hydrogens is 202 g/mol. The smallest absolute Gasteiger partial charge is 0.407 e. The number of carbonyl (C=O) groups is 2. The molecule has 1 aliphatic rings. The number of carboxylic acid groups (broad SMARTS) is 1. The number of hydrogen-bond donors (Lipinski definition) is 2. The Morgan fingerprint density at radius 3 is 2.67 bits per heavy atom. The monoisotopic (exact) mass is 217 g/mol. The maximum atomic E-state index is 11.1. The number of rotatable bonds is 4. The average Bonchev–Trinajstić information content (AvgIpc) is 2.18. The van der Waals surface area contributed by atoms with Crippen molar-refractivity contribution in [1.82, 2.24) is 5.32 Å². The molecule has 86 valence electrons. The molecule has 1 aliphatic heterocycles. The summed E-state index contributed by atoms with van der Waals surface area (Å²) in [7, 11) is 0. The second-order valence-corrected chi connectivity index (χ2v) is 3.29. The van der Waals surface area contributed by atoms with Gasteiger partial charge in [-0.2, -0.15) is 0 Å². The standard InChI is InChI=1S/C9H15NO5/c11-8(12)1-4-10-9(13)15-7-2-5-14-6-3-7/h7H,1-6H2,(H,10,13)(H,11,12). The Morgan fingerprint density at radius 2 is 2.07 bits per heavy atom. The molecule has 0 aromatic heterocycles. The molecule has 6 heteroatoms. The Balaban J connectivity index is 2.09. The van der Waals surface area contributed by atoms with Gasteiger partial charge < -0.3 is 19.9 Å². The molecule has 0 aromatic carbocycles. The van der Waals surface area contributed by atoms with Crippen molar-refractivity contribution in [2.24, 2.45) is 0 Å². The number of ether oxygens (including phenoxy) is 2. The van der Waals surface area contributed by atoms with Gasteiger partial charge in [-0.05, 0) is 0 Å². The van der Waals surface area contributed by atoms with Crippen LogP contribution in [0.15, 0.2) is 0 Å². The maximum Gasteiger partial charge on any atom is 0.407 e. The van der Waals surface area contributed by atoms with Crippen LogP contribution in [0.1, 0.15) is 19.3 Å². The number of carbonyl (C=O) groups excluding carboxylic acids is 1. The van der Waals surface area contributed by atoms with Crippen molar-refractivity contribution in [1.29, 1.82) is 0 Å². The molecule has 0 saturated carbocycles. The third kappa shape index (κ3) is 5.21. The van der Waals surface area contributed by atoms with Crippen molar-refractivity contribution in [2.75, 3.05) is 19.8 Å². The fraction of sp³-hybridized carbons (Fsp3) is 0.778. The molecular formula is C9H15NO5. The van der Waals surface area contributed by atoms with E-state index in [4.69, 9.17) is 14.6 Å². The quantitative estimate of drug-likeness (QED) is 0.710. The van der Waals surface area contributed by atoms with E-state index < -0.39 is 12.1 Å². The van der Waals surface area contributed by atoms with Gasteiger partial charge in [0.05, 0.1) is 19.6 Å². The lowest BCUT2D eigenvalue weighted by Gasteiger charge is -2.22. The van der Waals surface area contributed by atoms with Crippen molar-refractivity contribution >= 4 is 12.1 Å². The molecule has 0 aliphatic carbocycles. The second-order valence-electron chi connectivity index (χ2n) is 3.29. The predicted molar refractivity (Wildman–Crippen MR) is 50.6 cm³/mol. The summed E-state index contributed by atoms with van der Waals surface area (Å²) in [5.41, 5.74) is 0. The zero-order valence-electron chi connectivity index (χ0n) is 8.40. The van der Waals surface area contributed by atoms with Gasteiger partial charge in [0.1, 0.15) is 6.10 Å². The summed E-state index contributed by atoms with van der Waals surface area (Å²) < 4.78 is 10.2. The van der Waals surface area contributed by atoms with Crippen molar-refractivity contribution in [3.05, 3.63) is 0 Å². The van der Waals surface area contributed by atoms with Gasteiger partial charge in [0.25, 0.3) is 0 Å². The van der Waals surface area contributed by atoms with Crippen LogP contribution < -0.4 is 5.32 Å². The van der Waals surface area contributed by atoms with Gasteiger partial charge in [-0.1, -0.05) is 0 Å². The lowest BCUT2D eigenvalue weighted by atomic mass is 10.2. The first-order valence-electron chi connectivity index (χ1n) is 4.92. The Bertz CT molecular complexity index is 225. The van der Waals surface area contributed by atoms with Crippen LogP contribution in [0.25, 0.3) is 0 Å². The number of alkyl carbamates (subject to hydrolysis) is 1. The topological polar surface area (TPSA) is 84.9 Å². The van der Waals surface area contributed by atoms with E-state index in [0.29, 0.717) is 26.1 Å². The normalized spacial score (nSPS) is 17.1. The highest BCUT2D eigenvalue weighted by molar-refractivity contribution is 5.70. The van der Waals surface area contributed by atoms with Gasteiger partial charge in [-0.15, -0.1) is 0 Å². The van der Waals surface area contributed by atoms with Crippen molar-refractivity contribution in [2.45, 2.75) is 25.4 Å². The van der Waals surface area contributed by atoms with Gasteiger partial charge in [-0.25, -0.2) is 4.79 Å². The van der Waals surface area contributed by atoms with Gasteiger partial charge in [0.15, 0.2) is 0 Å². The zero-order valence-corrected chi connectivity index (χ0v) is 8.40. The summed E-state index contributed by atoms with van der Waals surface area (Å²) in [6.07, 6.45) is 0.647. The minimum absolute atomic E-state index is 0.0944. The van der Waals surface area contributed by atoms with Crippen molar-refractivity contribution in [3.63, 3.8) is 0 Å². The van der Waals surface area contributed by atoms with E-state index in [1.54, 1.807) is 0 Å². The van der Waals surface area contributed by atoms with E-state index >= 15 is 0 Å². The van der Waals surface area contributed by atoms with Gasteiger partial charge in [0.2, 0.25) is 0 Å². The number of amides is 1. The molecule has 1 amide bonds. The number of aliphatic carboxylic acids is 1. The third-order valence-corrected chi connectivity index (χ3v) is 2.05. The van der Waals surface area contributed by atoms with E-state index in [-0.39, 0.29) is 19.1 Å². The van der Waals surface area contributed by atoms with Gasteiger partial charge >= 0.3 is 12.1 Å². The van der Waals surface area contributed by atoms with E-state index in [9.17, 15) is 9.59 Å². The first-order chi connectivity index (χ1) is 7.18. The van der Waals surface area contributed by atoms with Crippen LogP contribution in [0.2, 0.25) is 0 Å². The average molecular weight is 217 g/mol. The number of hydrogen-bond acceptors (Lipinski definition) is 4. The fourth-order valence-electron chi connectivity index (χ4n) is 1.26. The number of carboxylic acids is 1. The number of nitrogens with one attached hydrogen (secondary N) is 1. The highest BCUT2D eigenvalue weighted by Gasteiger charge is 2.17. The predicted octanol–water partition coefficient (Wildman–Crippen LogP) is 0.366. The van der Waals surface area contributed by atoms with Crippen LogP contribution in [0, 0.1) is 0 Å². The van der Waals surface area contributed by atoms with Crippen LogP contribution in [0.4, 0.5) is 4.79 Å². The van der Waals surface area contributed by atoms with E-state index in [0.717, 1.165) is 0 Å². The molecule has 1 heterocycles. The molecule has 1 rings (SSSR count). The Hall–Kier alpha value is -1.30. The summed E-state index contributed by atoms with van der Waals surface area (Å²) in [5.74, 6) is -0.943. The SMILES string of the molecule is O=C(O)CCNC(=O)OC1CCOCC1. The minimum Gasteiger partial charge on any atom is -0.481 e. The summed E-state index contributed by atoms with van der Waals surface area (Å²) in [6.45, 7) is 1.30. The van der Waals surface area contributed by atoms with Crippen molar-refractivity contribution in [3.8, 4) is 0 Å². The molecule has 0 spiro atoms. The Morgan fingerprint density at radius 1 is 1.40 bits per heavy atom. The maximum absolute atomic E-state index is 11.1. The first-order valence-corrected chi connectivity index (χ1v) is 4.92. The lowest BCUT2D eigenvalue weighted by Crippen LogP contribution is -2.33. The zero-order chi connectivity index (χ0) is 11.1.